The molecule has 2 aromatic rings. The number of hydrogen-bond acceptors (Lipinski definition) is 3. The van der Waals surface area contributed by atoms with E-state index in [-0.39, 0.29) is 17.2 Å². The molecule has 1 amide bonds. The maximum atomic E-state index is 13.8. The topological polar surface area (TPSA) is 75.3 Å². The Bertz CT molecular complexity index is 931. The van der Waals surface area contributed by atoms with Gasteiger partial charge in [0.15, 0.2) is 17.5 Å². The highest BCUT2D eigenvalue weighted by atomic mass is 32.2. The van der Waals surface area contributed by atoms with Gasteiger partial charge in [0.1, 0.15) is 4.90 Å². The zero-order chi connectivity index (χ0) is 19.5. The fourth-order valence-corrected chi connectivity index (χ4v) is 3.23. The zero-order valence-corrected chi connectivity index (χ0v) is 14.8. The SMILES string of the molecule is CC(C)CNC(=O)c1ccccc1NS(=O)(=O)c1ccc(F)c(F)c1F. The molecular formula is C17H17F3N2O3S. The first-order chi connectivity index (χ1) is 12.1. The number of halogens is 3. The monoisotopic (exact) mass is 386 g/mol. The fraction of sp³-hybridized carbons (Fsp3) is 0.235. The summed E-state index contributed by atoms with van der Waals surface area (Å²) in [5.74, 6) is -5.58. The van der Waals surface area contributed by atoms with Crippen LogP contribution in [0.25, 0.3) is 0 Å². The number of amides is 1. The van der Waals surface area contributed by atoms with Gasteiger partial charge >= 0.3 is 0 Å². The Morgan fingerprint density at radius 2 is 1.69 bits per heavy atom. The average Bonchev–Trinajstić information content (AvgIpc) is 2.57. The highest BCUT2D eigenvalue weighted by molar-refractivity contribution is 7.92. The van der Waals surface area contributed by atoms with E-state index in [2.05, 4.69) is 5.32 Å². The van der Waals surface area contributed by atoms with Gasteiger partial charge < -0.3 is 5.32 Å². The molecule has 0 spiro atoms. The fourth-order valence-electron chi connectivity index (χ4n) is 2.08. The second-order valence-corrected chi connectivity index (χ2v) is 7.58. The molecule has 0 radical (unpaired) electrons. The van der Waals surface area contributed by atoms with E-state index in [1.54, 1.807) is 0 Å². The van der Waals surface area contributed by atoms with E-state index in [0.29, 0.717) is 18.7 Å². The maximum Gasteiger partial charge on any atom is 0.264 e. The minimum atomic E-state index is -4.58. The minimum Gasteiger partial charge on any atom is -0.352 e. The lowest BCUT2D eigenvalue weighted by Crippen LogP contribution is -2.28. The van der Waals surface area contributed by atoms with Crippen molar-refractivity contribution in [1.29, 1.82) is 0 Å². The van der Waals surface area contributed by atoms with Gasteiger partial charge in [0.2, 0.25) is 0 Å². The summed E-state index contributed by atoms with van der Waals surface area (Å²) >= 11 is 0. The lowest BCUT2D eigenvalue weighted by Gasteiger charge is -2.14. The summed E-state index contributed by atoms with van der Waals surface area (Å²) < 4.78 is 66.9. The third-order valence-electron chi connectivity index (χ3n) is 3.38. The third kappa shape index (κ3) is 4.34. The molecule has 0 heterocycles. The molecule has 9 heteroatoms. The van der Waals surface area contributed by atoms with Crippen molar-refractivity contribution >= 4 is 21.6 Å². The molecule has 0 unspecified atom stereocenters. The molecule has 0 aliphatic rings. The van der Waals surface area contributed by atoms with Crippen molar-refractivity contribution in [2.45, 2.75) is 18.7 Å². The molecule has 0 bridgehead atoms. The first-order valence-corrected chi connectivity index (χ1v) is 9.15. The van der Waals surface area contributed by atoms with Crippen LogP contribution in [0.4, 0.5) is 18.9 Å². The van der Waals surface area contributed by atoms with Crippen molar-refractivity contribution in [1.82, 2.24) is 5.32 Å². The van der Waals surface area contributed by atoms with Crippen LogP contribution in [0.3, 0.4) is 0 Å². The van der Waals surface area contributed by atoms with Gasteiger partial charge in [0, 0.05) is 6.54 Å². The molecule has 0 aromatic heterocycles. The quantitative estimate of drug-likeness (QED) is 0.748. The van der Waals surface area contributed by atoms with Gasteiger partial charge in [0.25, 0.3) is 15.9 Å². The van der Waals surface area contributed by atoms with Crippen molar-refractivity contribution in [3.05, 3.63) is 59.4 Å². The normalized spacial score (nSPS) is 11.5. The molecular weight excluding hydrogens is 369 g/mol. The largest absolute Gasteiger partial charge is 0.352 e. The van der Waals surface area contributed by atoms with E-state index < -0.39 is 38.3 Å². The molecule has 0 saturated heterocycles. The summed E-state index contributed by atoms with van der Waals surface area (Å²) in [5.41, 5.74) is -0.0994. The number of benzene rings is 2. The van der Waals surface area contributed by atoms with E-state index >= 15 is 0 Å². The second-order valence-electron chi connectivity index (χ2n) is 5.93. The molecule has 0 aliphatic heterocycles. The lowest BCUT2D eigenvalue weighted by molar-refractivity contribution is 0.0950. The number of sulfonamides is 1. The first-order valence-electron chi connectivity index (χ1n) is 7.67. The maximum absolute atomic E-state index is 13.8. The van der Waals surface area contributed by atoms with E-state index in [1.165, 1.54) is 24.3 Å². The summed E-state index contributed by atoms with van der Waals surface area (Å²) in [6.07, 6.45) is 0. The molecule has 26 heavy (non-hydrogen) atoms. The Kier molecular flexibility index (Phi) is 5.91. The number of nitrogens with one attached hydrogen (secondary N) is 2. The van der Waals surface area contributed by atoms with E-state index in [4.69, 9.17) is 0 Å². The summed E-state index contributed by atoms with van der Waals surface area (Å²) in [7, 11) is -4.58. The number of carbonyl (C=O) groups excluding carboxylic acids is 1. The van der Waals surface area contributed by atoms with Crippen molar-refractivity contribution in [2.24, 2.45) is 5.92 Å². The molecule has 0 fully saturated rings. The van der Waals surface area contributed by atoms with Crippen LogP contribution in [0.5, 0.6) is 0 Å². The minimum absolute atomic E-state index is 0.0136. The molecule has 5 nitrogen and oxygen atoms in total. The van der Waals surface area contributed by atoms with E-state index in [1.807, 2.05) is 18.6 Å². The number of rotatable bonds is 6. The molecule has 2 aromatic carbocycles. The Morgan fingerprint density at radius 3 is 2.35 bits per heavy atom. The Balaban J connectivity index is 2.37. The number of hydrogen-bond donors (Lipinski definition) is 2. The van der Waals surface area contributed by atoms with Crippen LogP contribution in [0, 0.1) is 23.4 Å². The Labute approximate surface area is 149 Å². The molecule has 2 rings (SSSR count). The summed E-state index contributed by atoms with van der Waals surface area (Å²) in [6.45, 7) is 4.15. The predicted molar refractivity (Wildman–Crippen MR) is 90.7 cm³/mol. The summed E-state index contributed by atoms with van der Waals surface area (Å²) in [5, 5.41) is 2.63. The predicted octanol–water partition coefficient (Wildman–Crippen LogP) is 3.29. The number of anilines is 1. The van der Waals surface area contributed by atoms with Crippen LogP contribution < -0.4 is 10.0 Å². The van der Waals surface area contributed by atoms with Gasteiger partial charge in [-0.1, -0.05) is 26.0 Å². The molecule has 2 N–H and O–H groups in total. The zero-order valence-electron chi connectivity index (χ0n) is 14.0. The first kappa shape index (κ1) is 19.8. The molecule has 140 valence electrons. The van der Waals surface area contributed by atoms with Crippen LogP contribution in [0.1, 0.15) is 24.2 Å². The van der Waals surface area contributed by atoms with Gasteiger partial charge in [0.05, 0.1) is 11.3 Å². The van der Waals surface area contributed by atoms with Crippen LogP contribution in [0.2, 0.25) is 0 Å². The Hall–Kier alpha value is -2.55. The van der Waals surface area contributed by atoms with Crippen LogP contribution in [-0.4, -0.2) is 20.9 Å². The van der Waals surface area contributed by atoms with Crippen LogP contribution >= 0.6 is 0 Å². The van der Waals surface area contributed by atoms with Gasteiger partial charge in [-0.3, -0.25) is 9.52 Å². The average molecular weight is 386 g/mol. The van der Waals surface area contributed by atoms with Crippen molar-refractivity contribution < 1.29 is 26.4 Å². The van der Waals surface area contributed by atoms with Crippen LogP contribution in [-0.2, 0) is 10.0 Å². The van der Waals surface area contributed by atoms with E-state index in [0.717, 1.165) is 0 Å². The number of para-hydroxylation sites is 1. The Morgan fingerprint density at radius 1 is 1.04 bits per heavy atom. The second kappa shape index (κ2) is 7.77. The highest BCUT2D eigenvalue weighted by Gasteiger charge is 2.25. The van der Waals surface area contributed by atoms with Crippen molar-refractivity contribution in [2.75, 3.05) is 11.3 Å². The standard InChI is InChI=1S/C17H17F3N2O3S/c1-10(2)9-21-17(23)11-5-3-4-6-13(11)22-26(24,25)14-8-7-12(18)15(19)16(14)20/h3-8,10,22H,9H2,1-2H3,(H,21,23). The third-order valence-corrected chi connectivity index (χ3v) is 4.76. The van der Waals surface area contributed by atoms with Gasteiger partial charge in [-0.05, 0) is 30.2 Å². The smallest absolute Gasteiger partial charge is 0.264 e. The molecule has 0 saturated carbocycles. The van der Waals surface area contributed by atoms with Gasteiger partial charge in [-0.2, -0.15) is 0 Å². The van der Waals surface area contributed by atoms with Gasteiger partial charge in [-0.25, -0.2) is 21.6 Å². The molecule has 0 aliphatic carbocycles. The van der Waals surface area contributed by atoms with E-state index in [9.17, 15) is 26.4 Å². The van der Waals surface area contributed by atoms with Crippen molar-refractivity contribution in [3.8, 4) is 0 Å². The lowest BCUT2D eigenvalue weighted by atomic mass is 10.1. The summed E-state index contributed by atoms with van der Waals surface area (Å²) in [4.78, 5) is 11.2. The van der Waals surface area contributed by atoms with Crippen molar-refractivity contribution in [3.63, 3.8) is 0 Å². The highest BCUT2D eigenvalue weighted by Crippen LogP contribution is 2.24. The van der Waals surface area contributed by atoms with Crippen LogP contribution in [0.15, 0.2) is 41.3 Å². The summed E-state index contributed by atoms with van der Waals surface area (Å²) in [6, 6.07) is 6.80. The van der Waals surface area contributed by atoms with Gasteiger partial charge in [-0.15, -0.1) is 0 Å². The molecule has 0 atom stereocenters. The number of carbonyl (C=O) groups is 1.